The van der Waals surface area contributed by atoms with Crippen LogP contribution in [0.4, 0.5) is 5.69 Å². The highest BCUT2D eigenvalue weighted by molar-refractivity contribution is 9.08. The zero-order chi connectivity index (χ0) is 29.3. The number of hydrogen-bond acceptors (Lipinski definition) is 6. The summed E-state index contributed by atoms with van der Waals surface area (Å²) in [6, 6.07) is 3.67. The van der Waals surface area contributed by atoms with Crippen molar-refractivity contribution >= 4 is 50.3 Å². The number of benzene rings is 1. The summed E-state index contributed by atoms with van der Waals surface area (Å²) < 4.78 is 10.5. The topological polar surface area (TPSA) is 105 Å². The summed E-state index contributed by atoms with van der Waals surface area (Å²) in [6.45, 7) is 5.03. The van der Waals surface area contributed by atoms with Crippen LogP contribution >= 0.6 is 16.1 Å². The molecular formula is C32H42BrN5O4. The van der Waals surface area contributed by atoms with Crippen molar-refractivity contribution in [3.05, 3.63) is 41.6 Å². The van der Waals surface area contributed by atoms with E-state index >= 15 is 0 Å². The summed E-state index contributed by atoms with van der Waals surface area (Å²) in [5, 5.41) is 8.10. The molecule has 2 aliphatic heterocycles. The molecule has 2 aromatic rings. The lowest BCUT2D eigenvalue weighted by atomic mass is 9.89. The van der Waals surface area contributed by atoms with E-state index in [9.17, 15) is 14.4 Å². The van der Waals surface area contributed by atoms with Crippen molar-refractivity contribution in [3.63, 3.8) is 0 Å². The quantitative estimate of drug-likeness (QED) is 0.249. The average Bonchev–Trinajstić information content (AvgIpc) is 3.40. The Balaban J connectivity index is 1.36. The second kappa shape index (κ2) is 12.5. The Labute approximate surface area is 256 Å². The smallest absolute Gasteiger partial charge is 0.252 e. The fourth-order valence-electron chi connectivity index (χ4n) is 7.46. The number of ether oxygens (including phenoxy) is 1. The summed E-state index contributed by atoms with van der Waals surface area (Å²) >= 11 is 3.09. The lowest BCUT2D eigenvalue weighted by Gasteiger charge is -2.26. The summed E-state index contributed by atoms with van der Waals surface area (Å²) in [7, 11) is 0. The maximum atomic E-state index is 14.0. The molecule has 1 aromatic carbocycles. The Bertz CT molecular complexity index is 1380. The minimum Gasteiger partial charge on any atom is -0.385 e. The number of amides is 2. The van der Waals surface area contributed by atoms with Crippen LogP contribution in [-0.4, -0.2) is 65.5 Å². The second-order valence-corrected chi connectivity index (χ2v) is 13.1. The van der Waals surface area contributed by atoms with Crippen molar-refractivity contribution < 1.29 is 19.1 Å². The van der Waals surface area contributed by atoms with Crippen LogP contribution in [0.5, 0.6) is 0 Å². The van der Waals surface area contributed by atoms with Crippen molar-refractivity contribution in [3.8, 4) is 0 Å². The minimum atomic E-state index is -0.556. The number of nitrogens with zero attached hydrogens (tertiary/aromatic N) is 2. The zero-order valence-electron chi connectivity index (χ0n) is 24.4. The molecule has 3 fully saturated rings. The van der Waals surface area contributed by atoms with Gasteiger partial charge in [-0.15, -0.1) is 0 Å². The maximum Gasteiger partial charge on any atom is 0.252 e. The first-order valence-electron chi connectivity index (χ1n) is 15.5. The van der Waals surface area contributed by atoms with Gasteiger partial charge in [0, 0.05) is 63.5 Å². The van der Waals surface area contributed by atoms with E-state index in [1.165, 1.54) is 32.1 Å². The van der Waals surface area contributed by atoms with Crippen LogP contribution < -0.4 is 15.0 Å². The van der Waals surface area contributed by atoms with Gasteiger partial charge in [0.25, 0.3) is 5.91 Å². The van der Waals surface area contributed by atoms with Crippen LogP contribution in [0.2, 0.25) is 0 Å². The van der Waals surface area contributed by atoms with Crippen molar-refractivity contribution in [1.29, 1.82) is 0 Å². The molecule has 42 heavy (non-hydrogen) atoms. The van der Waals surface area contributed by atoms with Gasteiger partial charge in [0.2, 0.25) is 5.91 Å². The highest BCUT2D eigenvalue weighted by Crippen LogP contribution is 2.59. The van der Waals surface area contributed by atoms with Crippen molar-refractivity contribution in [2.24, 2.45) is 11.3 Å². The molecule has 6 rings (SSSR count). The van der Waals surface area contributed by atoms with Gasteiger partial charge in [-0.25, -0.2) is 0 Å². The molecule has 0 unspecified atom stereocenters. The van der Waals surface area contributed by atoms with Crippen LogP contribution in [0.15, 0.2) is 30.5 Å². The number of piperidine rings is 1. The van der Waals surface area contributed by atoms with E-state index in [0.29, 0.717) is 37.7 Å². The van der Waals surface area contributed by atoms with Gasteiger partial charge in [-0.05, 0) is 69.2 Å². The molecule has 2 aliphatic carbocycles. The number of aromatic nitrogens is 1. The Kier molecular flexibility index (Phi) is 8.75. The third-order valence-electron chi connectivity index (χ3n) is 9.73. The normalized spacial score (nSPS) is 27.8. The number of anilines is 1. The molecular weight excluding hydrogens is 598 g/mol. The molecule has 3 N–H and O–H groups in total. The number of carbonyl (C=O) groups excluding carboxylic acids is 3. The molecule has 3 atom stereocenters. The molecule has 3 heterocycles. The molecule has 2 bridgehead atoms. The number of hydrogen-bond donors (Lipinski definition) is 3. The van der Waals surface area contributed by atoms with Gasteiger partial charge in [0.05, 0.1) is 18.7 Å². The SMILES string of the molecule is CC(=O)c1cn2c3c(cc(NCC4CCCCC4)cc13)CNCC/C=C\COC[C@@]13C[C@@H](C(=O)NBr)N(C(=O)C2)[C@@H]1C3. The first-order chi connectivity index (χ1) is 20.4. The fraction of sp³-hybridized carbons (Fsp3) is 0.594. The fourth-order valence-corrected chi connectivity index (χ4v) is 7.72. The molecule has 1 saturated heterocycles. The predicted octanol–water partition coefficient (Wildman–Crippen LogP) is 4.69. The average molecular weight is 641 g/mol. The summed E-state index contributed by atoms with van der Waals surface area (Å²) in [6.07, 6.45) is 14.7. The van der Waals surface area contributed by atoms with E-state index in [1.54, 1.807) is 11.8 Å². The standard InChI is InChI=1S/C32H42BrN5O4/c1-21(39)26-18-37-19-29(40)38-27(31(41)36-33)14-32(15-28(32)38)20-42-11-7-3-6-10-34-17-23-12-24(13-25(26)30(23)37)35-16-22-8-4-2-5-9-22/h3,7,12-13,18,22,27-28,34-35H,2,4-6,8-11,14-17,19-20H2,1H3,(H,36,41)/b7-3-/t27-,28+,32-/m0/s1. The molecule has 4 aliphatic rings. The predicted molar refractivity (Wildman–Crippen MR) is 166 cm³/mol. The van der Waals surface area contributed by atoms with E-state index in [2.05, 4.69) is 49.3 Å². The van der Waals surface area contributed by atoms with E-state index in [1.807, 2.05) is 16.8 Å². The van der Waals surface area contributed by atoms with Crippen molar-refractivity contribution in [2.75, 3.05) is 31.6 Å². The maximum absolute atomic E-state index is 14.0. The Morgan fingerprint density at radius 3 is 2.79 bits per heavy atom. The van der Waals surface area contributed by atoms with E-state index in [-0.39, 0.29) is 35.6 Å². The van der Waals surface area contributed by atoms with Gasteiger partial charge in [-0.1, -0.05) is 31.4 Å². The summed E-state index contributed by atoms with van der Waals surface area (Å²) in [5.74, 6) is 0.307. The van der Waals surface area contributed by atoms with E-state index in [4.69, 9.17) is 4.74 Å². The van der Waals surface area contributed by atoms with Gasteiger partial charge in [-0.2, -0.15) is 0 Å². The first kappa shape index (κ1) is 29.4. The number of nitrogens with one attached hydrogen (secondary N) is 3. The number of carbonyl (C=O) groups is 3. The van der Waals surface area contributed by atoms with Gasteiger partial charge in [-0.3, -0.25) is 18.7 Å². The van der Waals surface area contributed by atoms with Crippen LogP contribution in [0.1, 0.15) is 74.2 Å². The minimum absolute atomic E-state index is 0.0229. The molecule has 2 amide bonds. The van der Waals surface area contributed by atoms with Gasteiger partial charge in [0.15, 0.2) is 5.78 Å². The molecule has 2 saturated carbocycles. The molecule has 0 radical (unpaired) electrons. The third kappa shape index (κ3) is 5.90. The molecule has 1 aromatic heterocycles. The van der Waals surface area contributed by atoms with Crippen LogP contribution in [-0.2, 0) is 27.4 Å². The second-order valence-electron chi connectivity index (χ2n) is 12.7. The van der Waals surface area contributed by atoms with Gasteiger partial charge >= 0.3 is 0 Å². The lowest BCUT2D eigenvalue weighted by molar-refractivity contribution is -0.139. The number of ketones is 1. The van der Waals surface area contributed by atoms with E-state index < -0.39 is 6.04 Å². The number of halogens is 1. The molecule has 0 spiro atoms. The van der Waals surface area contributed by atoms with Gasteiger partial charge < -0.3 is 24.8 Å². The summed E-state index contributed by atoms with van der Waals surface area (Å²) in [4.78, 5) is 41.5. The monoisotopic (exact) mass is 639 g/mol. The summed E-state index contributed by atoms with van der Waals surface area (Å²) in [5.41, 5.74) is 3.39. The van der Waals surface area contributed by atoms with Crippen molar-refractivity contribution in [2.45, 2.75) is 83.5 Å². The molecule has 226 valence electrons. The van der Waals surface area contributed by atoms with Crippen LogP contribution in [0.3, 0.4) is 0 Å². The largest absolute Gasteiger partial charge is 0.385 e. The van der Waals surface area contributed by atoms with E-state index in [0.717, 1.165) is 48.1 Å². The van der Waals surface area contributed by atoms with Crippen LogP contribution in [0, 0.1) is 11.3 Å². The van der Waals surface area contributed by atoms with Crippen LogP contribution in [0.25, 0.3) is 10.9 Å². The first-order valence-corrected chi connectivity index (χ1v) is 16.2. The lowest BCUT2D eigenvalue weighted by Crippen LogP contribution is -2.47. The highest BCUT2D eigenvalue weighted by Gasteiger charge is 2.67. The zero-order valence-corrected chi connectivity index (χ0v) is 26.0. The molecule has 10 heteroatoms. The number of rotatable bonds is 5. The highest BCUT2D eigenvalue weighted by atomic mass is 79.9. The van der Waals surface area contributed by atoms with Crippen molar-refractivity contribution in [1.82, 2.24) is 19.1 Å². The Morgan fingerprint density at radius 2 is 2.00 bits per heavy atom. The number of Topliss-reactive ketones (excluding diaryl/α,β-unsaturated/α-hetero) is 1. The Hall–Kier alpha value is -2.69. The van der Waals surface area contributed by atoms with Gasteiger partial charge in [0.1, 0.15) is 12.6 Å². The molecule has 9 nitrogen and oxygen atoms in total. The Morgan fingerprint density at radius 1 is 1.17 bits per heavy atom. The third-order valence-corrected chi connectivity index (χ3v) is 10.1.